The van der Waals surface area contributed by atoms with Crippen LogP contribution < -0.4 is 0 Å². The van der Waals surface area contributed by atoms with Crippen molar-refractivity contribution < 1.29 is 15.0 Å². The first-order valence-electron chi connectivity index (χ1n) is 5.02. The second-order valence-electron chi connectivity index (χ2n) is 3.91. The SMILES string of the molecule is Cc1ccc(O)c(CCC(C)C(=O)O)c1. The minimum absolute atomic E-state index is 0.248. The molecule has 1 rings (SSSR count). The number of rotatable bonds is 4. The number of carboxylic acids is 1. The molecule has 0 saturated carbocycles. The molecule has 0 fully saturated rings. The van der Waals surface area contributed by atoms with Gasteiger partial charge in [0.1, 0.15) is 5.75 Å². The first kappa shape index (κ1) is 11.6. The van der Waals surface area contributed by atoms with Gasteiger partial charge in [-0.05, 0) is 31.4 Å². The van der Waals surface area contributed by atoms with Crippen molar-refractivity contribution in [1.29, 1.82) is 0 Å². The predicted molar refractivity (Wildman–Crippen MR) is 58.0 cm³/mol. The van der Waals surface area contributed by atoms with Crippen LogP contribution in [0.4, 0.5) is 0 Å². The smallest absolute Gasteiger partial charge is 0.306 e. The molecule has 15 heavy (non-hydrogen) atoms. The van der Waals surface area contributed by atoms with E-state index in [9.17, 15) is 9.90 Å². The average molecular weight is 208 g/mol. The van der Waals surface area contributed by atoms with Gasteiger partial charge in [-0.25, -0.2) is 0 Å². The molecule has 2 N–H and O–H groups in total. The third-order valence-electron chi connectivity index (χ3n) is 2.50. The summed E-state index contributed by atoms with van der Waals surface area (Å²) in [5.41, 5.74) is 1.90. The zero-order chi connectivity index (χ0) is 11.4. The Bertz CT molecular complexity index is 358. The van der Waals surface area contributed by atoms with Gasteiger partial charge in [0.05, 0.1) is 5.92 Å². The lowest BCUT2D eigenvalue weighted by Crippen LogP contribution is -2.10. The summed E-state index contributed by atoms with van der Waals surface area (Å²) in [4.78, 5) is 10.6. The molecule has 0 aliphatic rings. The second-order valence-corrected chi connectivity index (χ2v) is 3.91. The normalized spacial score (nSPS) is 12.4. The maximum absolute atomic E-state index is 10.6. The van der Waals surface area contributed by atoms with Crippen molar-refractivity contribution in [2.24, 2.45) is 5.92 Å². The minimum Gasteiger partial charge on any atom is -0.508 e. The van der Waals surface area contributed by atoms with Crippen LogP contribution in [0.15, 0.2) is 18.2 Å². The van der Waals surface area contributed by atoms with E-state index in [1.165, 1.54) is 0 Å². The Morgan fingerprint density at radius 3 is 2.73 bits per heavy atom. The molecule has 0 amide bonds. The van der Waals surface area contributed by atoms with Crippen molar-refractivity contribution >= 4 is 5.97 Å². The molecule has 1 unspecified atom stereocenters. The van der Waals surface area contributed by atoms with E-state index >= 15 is 0 Å². The third-order valence-corrected chi connectivity index (χ3v) is 2.50. The fourth-order valence-corrected chi connectivity index (χ4v) is 1.41. The average Bonchev–Trinajstić information content (AvgIpc) is 2.18. The van der Waals surface area contributed by atoms with E-state index in [1.807, 2.05) is 19.1 Å². The summed E-state index contributed by atoms with van der Waals surface area (Å²) in [7, 11) is 0. The van der Waals surface area contributed by atoms with Crippen molar-refractivity contribution in [3.05, 3.63) is 29.3 Å². The number of carboxylic acid groups (broad SMARTS) is 1. The molecule has 0 radical (unpaired) electrons. The molecule has 1 atom stereocenters. The van der Waals surface area contributed by atoms with Crippen LogP contribution in [0, 0.1) is 12.8 Å². The van der Waals surface area contributed by atoms with Crippen LogP contribution in [0.3, 0.4) is 0 Å². The summed E-state index contributed by atoms with van der Waals surface area (Å²) < 4.78 is 0. The zero-order valence-electron chi connectivity index (χ0n) is 9.03. The molecule has 1 aromatic carbocycles. The second kappa shape index (κ2) is 4.82. The largest absolute Gasteiger partial charge is 0.508 e. The van der Waals surface area contributed by atoms with E-state index in [1.54, 1.807) is 13.0 Å². The van der Waals surface area contributed by atoms with Crippen molar-refractivity contribution in [1.82, 2.24) is 0 Å². The van der Waals surface area contributed by atoms with Crippen molar-refractivity contribution in [3.8, 4) is 5.75 Å². The molecule has 0 saturated heterocycles. The van der Waals surface area contributed by atoms with Crippen LogP contribution in [0.25, 0.3) is 0 Å². The standard InChI is InChI=1S/C12H16O3/c1-8-3-6-11(13)10(7-8)5-4-9(2)12(14)15/h3,6-7,9,13H,4-5H2,1-2H3,(H,14,15). The molecule has 3 nitrogen and oxygen atoms in total. The molecule has 0 aliphatic heterocycles. The summed E-state index contributed by atoms with van der Waals surface area (Å²) in [6, 6.07) is 5.37. The Kier molecular flexibility index (Phi) is 3.72. The van der Waals surface area contributed by atoms with Gasteiger partial charge < -0.3 is 10.2 Å². The number of hydrogen-bond acceptors (Lipinski definition) is 2. The molecule has 1 aromatic rings. The third kappa shape index (κ3) is 3.27. The lowest BCUT2D eigenvalue weighted by Gasteiger charge is -2.08. The maximum Gasteiger partial charge on any atom is 0.306 e. The van der Waals surface area contributed by atoms with Crippen LogP contribution in [0.5, 0.6) is 5.75 Å². The summed E-state index contributed by atoms with van der Waals surface area (Å²) in [6.07, 6.45) is 1.15. The molecule has 0 aromatic heterocycles. The fraction of sp³-hybridized carbons (Fsp3) is 0.417. The van der Waals surface area contributed by atoms with Gasteiger partial charge >= 0.3 is 5.97 Å². The summed E-state index contributed by atoms with van der Waals surface area (Å²) in [6.45, 7) is 3.62. The highest BCUT2D eigenvalue weighted by Crippen LogP contribution is 2.21. The van der Waals surface area contributed by atoms with Gasteiger partial charge in [0.25, 0.3) is 0 Å². The van der Waals surface area contributed by atoms with Gasteiger partial charge in [0, 0.05) is 0 Å². The van der Waals surface area contributed by atoms with Crippen LogP contribution in [0.1, 0.15) is 24.5 Å². The van der Waals surface area contributed by atoms with Gasteiger partial charge in [-0.1, -0.05) is 24.6 Å². The molecule has 0 bridgehead atoms. The van der Waals surface area contributed by atoms with Crippen LogP contribution in [0.2, 0.25) is 0 Å². The monoisotopic (exact) mass is 208 g/mol. The Morgan fingerprint density at radius 2 is 2.13 bits per heavy atom. The Morgan fingerprint density at radius 1 is 1.47 bits per heavy atom. The van der Waals surface area contributed by atoms with E-state index in [4.69, 9.17) is 5.11 Å². The maximum atomic E-state index is 10.6. The highest BCUT2D eigenvalue weighted by molar-refractivity contribution is 5.69. The van der Waals surface area contributed by atoms with Gasteiger partial charge in [-0.15, -0.1) is 0 Å². The first-order chi connectivity index (χ1) is 7.00. The first-order valence-corrected chi connectivity index (χ1v) is 5.02. The summed E-state index contributed by atoms with van der Waals surface area (Å²) in [5, 5.41) is 18.3. The van der Waals surface area contributed by atoms with E-state index in [2.05, 4.69) is 0 Å². The fourth-order valence-electron chi connectivity index (χ4n) is 1.41. The number of aryl methyl sites for hydroxylation is 2. The van der Waals surface area contributed by atoms with E-state index in [0.717, 1.165) is 11.1 Å². The number of carbonyl (C=O) groups is 1. The highest BCUT2D eigenvalue weighted by atomic mass is 16.4. The molecular weight excluding hydrogens is 192 g/mol. The van der Waals surface area contributed by atoms with E-state index in [-0.39, 0.29) is 11.7 Å². The Hall–Kier alpha value is -1.51. The lowest BCUT2D eigenvalue weighted by atomic mass is 9.99. The van der Waals surface area contributed by atoms with Gasteiger partial charge in [-0.2, -0.15) is 0 Å². The van der Waals surface area contributed by atoms with Crippen molar-refractivity contribution in [3.63, 3.8) is 0 Å². The Labute approximate surface area is 89.4 Å². The van der Waals surface area contributed by atoms with Crippen LogP contribution in [-0.4, -0.2) is 16.2 Å². The predicted octanol–water partition coefficient (Wildman–Crippen LogP) is 2.35. The molecular formula is C12H16O3. The van der Waals surface area contributed by atoms with Crippen LogP contribution in [-0.2, 0) is 11.2 Å². The van der Waals surface area contributed by atoms with Gasteiger partial charge in [0.15, 0.2) is 0 Å². The highest BCUT2D eigenvalue weighted by Gasteiger charge is 2.11. The van der Waals surface area contributed by atoms with Crippen molar-refractivity contribution in [2.75, 3.05) is 0 Å². The number of benzene rings is 1. The van der Waals surface area contributed by atoms with Gasteiger partial charge in [-0.3, -0.25) is 4.79 Å². The Balaban J connectivity index is 2.65. The number of phenolic OH excluding ortho intramolecular Hbond substituents is 1. The lowest BCUT2D eigenvalue weighted by molar-refractivity contribution is -0.141. The topological polar surface area (TPSA) is 57.5 Å². The number of aliphatic carboxylic acids is 1. The number of hydrogen-bond donors (Lipinski definition) is 2. The molecule has 0 heterocycles. The number of aromatic hydroxyl groups is 1. The van der Waals surface area contributed by atoms with Crippen molar-refractivity contribution in [2.45, 2.75) is 26.7 Å². The molecule has 0 aliphatic carbocycles. The molecule has 82 valence electrons. The molecule has 0 spiro atoms. The summed E-state index contributed by atoms with van der Waals surface area (Å²) >= 11 is 0. The molecule has 3 heteroatoms. The zero-order valence-corrected chi connectivity index (χ0v) is 9.03. The quantitative estimate of drug-likeness (QED) is 0.798. The van der Waals surface area contributed by atoms with E-state index in [0.29, 0.717) is 12.8 Å². The van der Waals surface area contributed by atoms with Gasteiger partial charge in [0.2, 0.25) is 0 Å². The van der Waals surface area contributed by atoms with E-state index < -0.39 is 5.97 Å². The minimum atomic E-state index is -0.790. The summed E-state index contributed by atoms with van der Waals surface area (Å²) in [5.74, 6) is -0.912. The van der Waals surface area contributed by atoms with Crippen LogP contribution >= 0.6 is 0 Å². The number of phenols is 1.